The molecule has 0 atom stereocenters. The zero-order chi connectivity index (χ0) is 7.40. The summed E-state index contributed by atoms with van der Waals surface area (Å²) in [6, 6.07) is 5.59. The quantitative estimate of drug-likeness (QED) is 0.562. The molecule has 2 nitrogen and oxygen atoms in total. The van der Waals surface area contributed by atoms with E-state index in [-0.39, 0.29) is 0 Å². The highest BCUT2D eigenvalue weighted by atomic mass is 32.1. The fourth-order valence-electron chi connectivity index (χ4n) is 0.600. The van der Waals surface area contributed by atoms with Crippen molar-refractivity contribution in [2.75, 3.05) is 0 Å². The lowest BCUT2D eigenvalue weighted by atomic mass is 10.4. The first kappa shape index (κ1) is 6.80. The van der Waals surface area contributed by atoms with Crippen LogP contribution in [0.5, 0.6) is 0 Å². The molecule has 0 aliphatic carbocycles. The van der Waals surface area contributed by atoms with E-state index in [4.69, 9.17) is 11.8 Å². The van der Waals surface area contributed by atoms with Crippen LogP contribution >= 0.6 is 11.3 Å². The van der Waals surface area contributed by atoms with Crippen LogP contribution in [0.15, 0.2) is 12.1 Å². The Morgan fingerprint density at radius 3 is 3.00 bits per heavy atom. The van der Waals surface area contributed by atoms with Crippen LogP contribution in [0.3, 0.4) is 0 Å². The smallest absolute Gasteiger partial charge is 0.227 e. The molecule has 0 aliphatic heterocycles. The summed E-state index contributed by atoms with van der Waals surface area (Å²) >= 11 is 1.38. The Kier molecular flexibility index (Phi) is 2.04. The van der Waals surface area contributed by atoms with Crippen molar-refractivity contribution in [2.45, 2.75) is 6.42 Å². The molecule has 0 saturated carbocycles. The number of hydrogen-bond acceptors (Lipinski definition) is 2. The first-order valence-corrected chi connectivity index (χ1v) is 3.51. The first-order valence-electron chi connectivity index (χ1n) is 2.70. The number of nitriles is 1. The minimum absolute atomic E-state index is 0.417. The molecule has 0 radical (unpaired) electrons. The van der Waals surface area contributed by atoms with E-state index in [9.17, 15) is 0 Å². The summed E-state index contributed by atoms with van der Waals surface area (Å²) in [6.45, 7) is 6.64. The van der Waals surface area contributed by atoms with Crippen LogP contribution in [-0.2, 0) is 6.42 Å². The van der Waals surface area contributed by atoms with Crippen LogP contribution in [0.2, 0.25) is 0 Å². The second-order valence-electron chi connectivity index (χ2n) is 1.69. The van der Waals surface area contributed by atoms with Crippen LogP contribution in [0.1, 0.15) is 4.88 Å². The van der Waals surface area contributed by atoms with Gasteiger partial charge in [0, 0.05) is 4.88 Å². The molecule has 1 aromatic rings. The molecular formula is C7H4N2S. The van der Waals surface area contributed by atoms with Gasteiger partial charge < -0.3 is 0 Å². The number of thiophene rings is 1. The van der Waals surface area contributed by atoms with Crippen molar-refractivity contribution in [1.82, 2.24) is 0 Å². The maximum absolute atomic E-state index is 8.28. The van der Waals surface area contributed by atoms with E-state index in [1.165, 1.54) is 11.3 Å². The fourth-order valence-corrected chi connectivity index (χ4v) is 1.32. The molecule has 1 heterocycles. The number of hydrogen-bond donors (Lipinski definition) is 0. The van der Waals surface area contributed by atoms with E-state index in [0.29, 0.717) is 11.4 Å². The molecule has 10 heavy (non-hydrogen) atoms. The third-order valence-electron chi connectivity index (χ3n) is 1.01. The predicted molar refractivity (Wildman–Crippen MR) is 39.9 cm³/mol. The van der Waals surface area contributed by atoms with Crippen LogP contribution in [0, 0.1) is 17.9 Å². The molecule has 0 aliphatic rings. The van der Waals surface area contributed by atoms with Gasteiger partial charge in [-0.05, 0) is 6.07 Å². The monoisotopic (exact) mass is 148 g/mol. The molecular weight excluding hydrogens is 144 g/mol. The van der Waals surface area contributed by atoms with Gasteiger partial charge in [0.2, 0.25) is 5.00 Å². The highest BCUT2D eigenvalue weighted by Crippen LogP contribution is 2.24. The van der Waals surface area contributed by atoms with Gasteiger partial charge in [-0.25, -0.2) is 4.85 Å². The van der Waals surface area contributed by atoms with Gasteiger partial charge in [0.15, 0.2) is 0 Å². The normalized spacial score (nSPS) is 8.20. The first-order chi connectivity index (χ1) is 4.86. The summed E-state index contributed by atoms with van der Waals surface area (Å²) < 4.78 is 0. The van der Waals surface area contributed by atoms with Gasteiger partial charge in [0.05, 0.1) is 19.1 Å². The maximum atomic E-state index is 8.28. The van der Waals surface area contributed by atoms with E-state index in [1.54, 1.807) is 6.07 Å². The van der Waals surface area contributed by atoms with Gasteiger partial charge in [-0.2, -0.15) is 16.6 Å². The molecule has 0 unspecified atom stereocenters. The minimum Gasteiger partial charge on any atom is -0.227 e. The van der Waals surface area contributed by atoms with Gasteiger partial charge in [-0.15, -0.1) is 0 Å². The van der Waals surface area contributed by atoms with Crippen molar-refractivity contribution in [3.63, 3.8) is 0 Å². The van der Waals surface area contributed by atoms with Crippen molar-refractivity contribution in [1.29, 1.82) is 5.26 Å². The number of nitrogens with zero attached hydrogens (tertiary/aromatic N) is 2. The summed E-state index contributed by atoms with van der Waals surface area (Å²) in [5.41, 5.74) is 0. The van der Waals surface area contributed by atoms with Gasteiger partial charge >= 0.3 is 0 Å². The molecule has 1 aromatic heterocycles. The lowest BCUT2D eigenvalue weighted by Crippen LogP contribution is -1.67. The van der Waals surface area contributed by atoms with Crippen LogP contribution in [0.25, 0.3) is 4.85 Å². The lowest BCUT2D eigenvalue weighted by molar-refractivity contribution is 1.32. The maximum Gasteiger partial charge on any atom is 0.241 e. The SMILES string of the molecule is [C-]#[N+]c1ccc(CC#N)s1. The molecule has 0 saturated heterocycles. The van der Waals surface area contributed by atoms with Crippen molar-refractivity contribution in [2.24, 2.45) is 0 Å². The zero-order valence-corrected chi connectivity index (χ0v) is 5.98. The molecule has 0 N–H and O–H groups in total. The fraction of sp³-hybridized carbons (Fsp3) is 0.143. The molecule has 0 spiro atoms. The minimum atomic E-state index is 0.417. The zero-order valence-electron chi connectivity index (χ0n) is 5.16. The van der Waals surface area contributed by atoms with Crippen molar-refractivity contribution in [3.8, 4) is 6.07 Å². The molecule has 3 heteroatoms. The Balaban J connectivity index is 2.83. The second-order valence-corrected chi connectivity index (χ2v) is 2.83. The van der Waals surface area contributed by atoms with E-state index >= 15 is 0 Å². The van der Waals surface area contributed by atoms with Crippen LogP contribution in [-0.4, -0.2) is 0 Å². The third-order valence-corrected chi connectivity index (χ3v) is 1.99. The lowest BCUT2D eigenvalue weighted by Gasteiger charge is -1.78. The van der Waals surface area contributed by atoms with Crippen molar-refractivity contribution < 1.29 is 0 Å². The highest BCUT2D eigenvalue weighted by molar-refractivity contribution is 7.16. The van der Waals surface area contributed by atoms with Crippen LogP contribution in [0.4, 0.5) is 5.00 Å². The third kappa shape index (κ3) is 1.34. The summed E-state index contributed by atoms with van der Waals surface area (Å²) in [5.74, 6) is 0. The second kappa shape index (κ2) is 3.00. The van der Waals surface area contributed by atoms with Gasteiger partial charge in [-0.3, -0.25) is 0 Å². The van der Waals surface area contributed by atoms with Gasteiger partial charge in [0.1, 0.15) is 0 Å². The number of rotatable bonds is 1. The Morgan fingerprint density at radius 2 is 2.50 bits per heavy atom. The molecule has 0 amide bonds. The Bertz CT molecular complexity index is 300. The van der Waals surface area contributed by atoms with E-state index < -0.39 is 0 Å². The van der Waals surface area contributed by atoms with Crippen molar-refractivity contribution >= 4 is 16.3 Å². The molecule has 48 valence electrons. The Hall–Kier alpha value is -1.32. The van der Waals surface area contributed by atoms with Crippen LogP contribution < -0.4 is 0 Å². The van der Waals surface area contributed by atoms with E-state index in [0.717, 1.165) is 4.88 Å². The Morgan fingerprint density at radius 1 is 1.70 bits per heavy atom. The topological polar surface area (TPSA) is 28.1 Å². The van der Waals surface area contributed by atoms with E-state index in [1.807, 2.05) is 12.1 Å². The summed E-state index contributed by atoms with van der Waals surface area (Å²) in [6.07, 6.45) is 0.417. The predicted octanol–water partition coefficient (Wildman–Crippen LogP) is 2.36. The summed E-state index contributed by atoms with van der Waals surface area (Å²) in [5, 5.41) is 8.94. The standard InChI is InChI=1S/C7H4N2S/c1-9-7-3-2-6(10-7)4-5-8/h2-3H,4H2. The molecule has 0 bridgehead atoms. The average Bonchev–Trinajstić information content (AvgIpc) is 2.37. The largest absolute Gasteiger partial charge is 0.241 e. The molecule has 0 aromatic carbocycles. The molecule has 1 rings (SSSR count). The molecule has 0 fully saturated rings. The highest BCUT2D eigenvalue weighted by Gasteiger charge is 1.96. The van der Waals surface area contributed by atoms with E-state index in [2.05, 4.69) is 4.85 Å². The summed E-state index contributed by atoms with van der Waals surface area (Å²) in [4.78, 5) is 4.20. The summed E-state index contributed by atoms with van der Waals surface area (Å²) in [7, 11) is 0. The van der Waals surface area contributed by atoms with Gasteiger partial charge in [-0.1, -0.05) is 6.07 Å². The average molecular weight is 148 g/mol. The van der Waals surface area contributed by atoms with Gasteiger partial charge in [0.25, 0.3) is 0 Å². The van der Waals surface area contributed by atoms with Crippen molar-refractivity contribution in [3.05, 3.63) is 28.4 Å². The Labute approximate surface area is 63.2 Å².